The maximum Gasteiger partial charge on any atom is 0.163 e. The second kappa shape index (κ2) is 8.87. The normalized spacial score (nSPS) is 11.9. The van der Waals surface area contributed by atoms with E-state index in [-0.39, 0.29) is 18.2 Å². The van der Waals surface area contributed by atoms with E-state index in [2.05, 4.69) is 29.2 Å². The van der Waals surface area contributed by atoms with Crippen molar-refractivity contribution in [2.24, 2.45) is 0 Å². The third kappa shape index (κ3) is 5.05. The molecule has 0 aliphatic rings. The molecular weight excluding hydrogens is 284 g/mol. The maximum atomic E-state index is 12.3. The first-order valence-electron chi connectivity index (χ1n) is 7.96. The minimum atomic E-state index is -0.227. The van der Waals surface area contributed by atoms with Crippen LogP contribution in [0.3, 0.4) is 0 Å². The molecule has 0 spiro atoms. The summed E-state index contributed by atoms with van der Waals surface area (Å²) < 4.78 is 0. The van der Waals surface area contributed by atoms with Gasteiger partial charge in [-0.2, -0.15) is 5.26 Å². The lowest BCUT2D eigenvalue weighted by Crippen LogP contribution is -2.39. The number of benzene rings is 2. The second-order valence-corrected chi connectivity index (χ2v) is 5.60. The van der Waals surface area contributed by atoms with Gasteiger partial charge in [-0.3, -0.25) is 9.69 Å². The Morgan fingerprint density at radius 3 is 1.87 bits per heavy atom. The van der Waals surface area contributed by atoms with Crippen LogP contribution in [0.15, 0.2) is 60.7 Å². The highest BCUT2D eigenvalue weighted by molar-refractivity contribution is 5.85. The van der Waals surface area contributed by atoms with Gasteiger partial charge >= 0.3 is 0 Å². The van der Waals surface area contributed by atoms with E-state index in [0.717, 1.165) is 0 Å². The molecule has 0 aliphatic carbocycles. The van der Waals surface area contributed by atoms with Crippen molar-refractivity contribution in [1.29, 1.82) is 5.26 Å². The molecule has 0 radical (unpaired) electrons. The first kappa shape index (κ1) is 16.9. The largest absolute Gasteiger partial charge is 0.297 e. The van der Waals surface area contributed by atoms with Gasteiger partial charge in [0.25, 0.3) is 0 Å². The first-order valence-corrected chi connectivity index (χ1v) is 7.96. The summed E-state index contributed by atoms with van der Waals surface area (Å²) in [6.45, 7) is 3.40. The smallest absolute Gasteiger partial charge is 0.163 e. The summed E-state index contributed by atoms with van der Waals surface area (Å²) in [6.07, 6.45) is 0.679. The number of hydrogen-bond donors (Lipinski definition) is 0. The van der Waals surface area contributed by atoms with Crippen molar-refractivity contribution < 1.29 is 4.79 Å². The third-order valence-electron chi connectivity index (χ3n) is 3.91. The number of rotatable bonds is 8. The molecular formula is C20H22N2O. The van der Waals surface area contributed by atoms with E-state index in [1.165, 1.54) is 11.1 Å². The average molecular weight is 306 g/mol. The summed E-state index contributed by atoms with van der Waals surface area (Å²) in [5, 5.41) is 8.85. The Hall–Kier alpha value is -2.44. The zero-order valence-corrected chi connectivity index (χ0v) is 13.5. The van der Waals surface area contributed by atoms with Gasteiger partial charge < -0.3 is 0 Å². The lowest BCUT2D eigenvalue weighted by atomic mass is 10.0. The Labute approximate surface area is 138 Å². The fraction of sp³-hybridized carbons (Fsp3) is 0.300. The van der Waals surface area contributed by atoms with Crippen LogP contribution in [0, 0.1) is 11.3 Å². The zero-order chi connectivity index (χ0) is 16.5. The van der Waals surface area contributed by atoms with Crippen LogP contribution >= 0.6 is 0 Å². The monoisotopic (exact) mass is 306 g/mol. The van der Waals surface area contributed by atoms with E-state index in [9.17, 15) is 4.79 Å². The van der Waals surface area contributed by atoms with Gasteiger partial charge in [0, 0.05) is 13.1 Å². The SMILES string of the molecule is CCC(C(=O)CC#N)N(Cc1ccccc1)Cc1ccccc1. The molecule has 3 nitrogen and oxygen atoms in total. The molecule has 0 N–H and O–H groups in total. The second-order valence-electron chi connectivity index (χ2n) is 5.60. The molecule has 118 valence electrons. The highest BCUT2D eigenvalue weighted by atomic mass is 16.1. The molecule has 0 saturated carbocycles. The van der Waals surface area contributed by atoms with E-state index >= 15 is 0 Å². The molecule has 0 heterocycles. The highest BCUT2D eigenvalue weighted by Gasteiger charge is 2.24. The summed E-state index contributed by atoms with van der Waals surface area (Å²) in [7, 11) is 0. The fourth-order valence-electron chi connectivity index (χ4n) is 2.80. The lowest BCUT2D eigenvalue weighted by molar-refractivity contribution is -0.124. The summed E-state index contributed by atoms with van der Waals surface area (Å²) in [5.41, 5.74) is 2.35. The minimum absolute atomic E-state index is 0.00172. The van der Waals surface area contributed by atoms with Crippen LogP contribution in [0.25, 0.3) is 0 Å². The van der Waals surface area contributed by atoms with Crippen LogP contribution in [0.2, 0.25) is 0 Å². The topological polar surface area (TPSA) is 44.1 Å². The molecule has 0 fully saturated rings. The molecule has 3 heteroatoms. The number of nitrogens with zero attached hydrogens (tertiary/aromatic N) is 2. The number of hydrogen-bond acceptors (Lipinski definition) is 3. The quantitative estimate of drug-likeness (QED) is 0.741. The highest BCUT2D eigenvalue weighted by Crippen LogP contribution is 2.17. The lowest BCUT2D eigenvalue weighted by Gasteiger charge is -2.30. The van der Waals surface area contributed by atoms with Crippen molar-refractivity contribution >= 4 is 5.78 Å². The summed E-state index contributed by atoms with van der Waals surface area (Å²) in [4.78, 5) is 14.5. The van der Waals surface area contributed by atoms with Gasteiger partial charge in [0.1, 0.15) is 0 Å². The molecule has 2 aromatic carbocycles. The summed E-state index contributed by atoms with van der Waals surface area (Å²) in [6, 6.07) is 22.0. The Balaban J connectivity index is 2.22. The molecule has 0 bridgehead atoms. The van der Waals surface area contributed by atoms with E-state index in [1.807, 2.05) is 49.4 Å². The predicted octanol–water partition coefficient (Wildman–Crippen LogP) is 3.95. The number of carbonyl (C=O) groups excluding carboxylic acids is 1. The van der Waals surface area contributed by atoms with Crippen LogP contribution in [-0.4, -0.2) is 16.7 Å². The van der Waals surface area contributed by atoms with Gasteiger partial charge in [0.05, 0.1) is 18.5 Å². The van der Waals surface area contributed by atoms with Crippen molar-refractivity contribution in [3.8, 4) is 6.07 Å². The molecule has 2 aromatic rings. The van der Waals surface area contributed by atoms with Crippen molar-refractivity contribution in [2.75, 3.05) is 0 Å². The van der Waals surface area contributed by atoms with E-state index < -0.39 is 0 Å². The van der Waals surface area contributed by atoms with Gasteiger partial charge in [-0.25, -0.2) is 0 Å². The molecule has 0 saturated heterocycles. The summed E-state index contributed by atoms with van der Waals surface area (Å²) in [5.74, 6) is 0.00172. The molecule has 1 unspecified atom stereocenters. The maximum absolute atomic E-state index is 12.3. The standard InChI is InChI=1S/C20H22N2O/c1-2-19(20(23)13-14-21)22(15-17-9-5-3-6-10-17)16-18-11-7-4-8-12-18/h3-12,19H,2,13,15-16H2,1H3. The van der Waals surface area contributed by atoms with E-state index in [4.69, 9.17) is 5.26 Å². The minimum Gasteiger partial charge on any atom is -0.297 e. The third-order valence-corrected chi connectivity index (χ3v) is 3.91. The van der Waals surface area contributed by atoms with Crippen molar-refractivity contribution in [2.45, 2.75) is 38.9 Å². The average Bonchev–Trinajstić information content (AvgIpc) is 2.57. The number of nitriles is 1. The Morgan fingerprint density at radius 2 is 1.48 bits per heavy atom. The van der Waals surface area contributed by atoms with Crippen LogP contribution < -0.4 is 0 Å². The fourth-order valence-corrected chi connectivity index (χ4v) is 2.80. The molecule has 1 atom stereocenters. The van der Waals surface area contributed by atoms with E-state index in [0.29, 0.717) is 19.5 Å². The van der Waals surface area contributed by atoms with Crippen LogP contribution in [0.1, 0.15) is 30.9 Å². The number of ketones is 1. The summed E-state index contributed by atoms with van der Waals surface area (Å²) >= 11 is 0. The van der Waals surface area contributed by atoms with Crippen molar-refractivity contribution in [1.82, 2.24) is 4.90 Å². The van der Waals surface area contributed by atoms with Crippen molar-refractivity contribution in [3.05, 3.63) is 71.8 Å². The Kier molecular flexibility index (Phi) is 6.53. The van der Waals surface area contributed by atoms with Gasteiger partial charge in [0.2, 0.25) is 0 Å². The van der Waals surface area contributed by atoms with E-state index in [1.54, 1.807) is 0 Å². The van der Waals surface area contributed by atoms with Gasteiger partial charge in [-0.05, 0) is 17.5 Å². The van der Waals surface area contributed by atoms with Gasteiger partial charge in [0.15, 0.2) is 5.78 Å². The first-order chi connectivity index (χ1) is 11.2. The van der Waals surface area contributed by atoms with Gasteiger partial charge in [-0.1, -0.05) is 67.6 Å². The Morgan fingerprint density at radius 1 is 1.00 bits per heavy atom. The number of Topliss-reactive ketones (excluding diaryl/α,β-unsaturated/α-hetero) is 1. The molecule has 0 aromatic heterocycles. The van der Waals surface area contributed by atoms with Crippen molar-refractivity contribution in [3.63, 3.8) is 0 Å². The number of carbonyl (C=O) groups is 1. The van der Waals surface area contributed by atoms with Crippen LogP contribution in [0.4, 0.5) is 0 Å². The zero-order valence-electron chi connectivity index (χ0n) is 13.5. The molecule has 2 rings (SSSR count). The predicted molar refractivity (Wildman–Crippen MR) is 91.4 cm³/mol. The molecule has 0 aliphatic heterocycles. The molecule has 23 heavy (non-hydrogen) atoms. The van der Waals surface area contributed by atoms with Crippen LogP contribution in [-0.2, 0) is 17.9 Å². The Bertz CT molecular complexity index is 605. The van der Waals surface area contributed by atoms with Crippen LogP contribution in [0.5, 0.6) is 0 Å². The molecule has 0 amide bonds. The van der Waals surface area contributed by atoms with Gasteiger partial charge in [-0.15, -0.1) is 0 Å².